The summed E-state index contributed by atoms with van der Waals surface area (Å²) >= 11 is 0. The van der Waals surface area contributed by atoms with E-state index in [9.17, 15) is 9.59 Å². The average molecular weight is 256 g/mol. The first-order valence-electron chi connectivity index (χ1n) is 6.73. The lowest BCUT2D eigenvalue weighted by Crippen LogP contribution is -2.40. The first kappa shape index (κ1) is 15.0. The first-order valence-corrected chi connectivity index (χ1v) is 6.73. The lowest BCUT2D eigenvalue weighted by Gasteiger charge is -2.21. The van der Waals surface area contributed by atoms with E-state index in [2.05, 4.69) is 5.32 Å². The Labute approximate surface area is 109 Å². The van der Waals surface area contributed by atoms with E-state index < -0.39 is 0 Å². The van der Waals surface area contributed by atoms with Gasteiger partial charge < -0.3 is 15.0 Å². The van der Waals surface area contributed by atoms with Crippen LogP contribution in [-0.2, 0) is 14.3 Å². The molecule has 0 atom stereocenters. The van der Waals surface area contributed by atoms with Gasteiger partial charge in [-0.3, -0.25) is 9.59 Å². The molecule has 1 N–H and O–H groups in total. The van der Waals surface area contributed by atoms with E-state index in [1.165, 1.54) is 0 Å². The molecule has 1 rings (SSSR count). The molecule has 0 aromatic heterocycles. The predicted molar refractivity (Wildman–Crippen MR) is 69.1 cm³/mol. The number of carbonyl (C=O) groups is 2. The summed E-state index contributed by atoms with van der Waals surface area (Å²) in [6.07, 6.45) is 2.44. The molecule has 104 valence electrons. The van der Waals surface area contributed by atoms with Crippen molar-refractivity contribution in [2.24, 2.45) is 0 Å². The molecule has 0 radical (unpaired) electrons. The van der Waals surface area contributed by atoms with Gasteiger partial charge in [-0.1, -0.05) is 13.8 Å². The number of ether oxygens (including phenoxy) is 1. The fourth-order valence-corrected chi connectivity index (χ4v) is 1.76. The highest BCUT2D eigenvalue weighted by molar-refractivity contribution is 5.82. The Hall–Kier alpha value is -1.10. The highest BCUT2D eigenvalue weighted by Gasteiger charge is 2.33. The van der Waals surface area contributed by atoms with Crippen LogP contribution in [0.15, 0.2) is 0 Å². The van der Waals surface area contributed by atoms with E-state index in [1.807, 2.05) is 13.8 Å². The van der Waals surface area contributed by atoms with Crippen molar-refractivity contribution in [1.82, 2.24) is 10.2 Å². The molecule has 0 unspecified atom stereocenters. The summed E-state index contributed by atoms with van der Waals surface area (Å²) in [5.74, 6) is -0.270. The molecule has 5 nitrogen and oxygen atoms in total. The van der Waals surface area contributed by atoms with Crippen LogP contribution in [0.4, 0.5) is 0 Å². The predicted octanol–water partition coefficient (Wildman–Crippen LogP) is 0.929. The quantitative estimate of drug-likeness (QED) is 0.656. The lowest BCUT2D eigenvalue weighted by atomic mass is 10.3. The van der Waals surface area contributed by atoms with E-state index in [1.54, 1.807) is 11.8 Å². The molecule has 0 bridgehead atoms. The highest BCUT2D eigenvalue weighted by Crippen LogP contribution is 2.27. The molecule has 5 heteroatoms. The zero-order chi connectivity index (χ0) is 13.5. The zero-order valence-corrected chi connectivity index (χ0v) is 11.6. The molecule has 0 aromatic carbocycles. The van der Waals surface area contributed by atoms with E-state index >= 15 is 0 Å². The summed E-state index contributed by atoms with van der Waals surface area (Å²) in [4.78, 5) is 25.1. The summed E-state index contributed by atoms with van der Waals surface area (Å²) in [7, 11) is 0. The number of amides is 1. The van der Waals surface area contributed by atoms with Crippen molar-refractivity contribution in [2.75, 3.05) is 19.7 Å². The largest absolute Gasteiger partial charge is 0.465 e. The van der Waals surface area contributed by atoms with Crippen LogP contribution < -0.4 is 5.32 Å². The Morgan fingerprint density at radius 2 is 2.06 bits per heavy atom. The molecule has 0 spiro atoms. The normalized spacial score (nSPS) is 14.7. The molecular weight excluding hydrogens is 232 g/mol. The molecule has 1 aliphatic rings. The van der Waals surface area contributed by atoms with Gasteiger partial charge in [-0.25, -0.2) is 0 Å². The van der Waals surface area contributed by atoms with Gasteiger partial charge in [0.25, 0.3) is 0 Å². The van der Waals surface area contributed by atoms with Crippen molar-refractivity contribution >= 4 is 11.9 Å². The molecule has 1 saturated carbocycles. The monoisotopic (exact) mass is 256 g/mol. The number of nitrogens with zero attached hydrogens (tertiary/aromatic N) is 1. The summed E-state index contributed by atoms with van der Waals surface area (Å²) in [5, 5.41) is 3.21. The SMILES string of the molecule is CCOC(=O)CN(C(=O)CCNC(C)C)C1CC1. The van der Waals surface area contributed by atoms with Crippen LogP contribution >= 0.6 is 0 Å². The Morgan fingerprint density at radius 1 is 1.39 bits per heavy atom. The molecular formula is C13H24N2O3. The molecule has 0 saturated heterocycles. The first-order chi connectivity index (χ1) is 8.54. The zero-order valence-electron chi connectivity index (χ0n) is 11.6. The molecule has 0 heterocycles. The third-order valence-corrected chi connectivity index (χ3v) is 2.80. The van der Waals surface area contributed by atoms with Gasteiger partial charge in [0, 0.05) is 25.0 Å². The fourth-order valence-electron chi connectivity index (χ4n) is 1.76. The standard InChI is InChI=1S/C13H24N2O3/c1-4-18-13(17)9-15(11-5-6-11)12(16)7-8-14-10(2)3/h10-11,14H,4-9H2,1-3H3. The third kappa shape index (κ3) is 5.49. The second-order valence-corrected chi connectivity index (χ2v) is 4.92. The molecule has 18 heavy (non-hydrogen) atoms. The van der Waals surface area contributed by atoms with Crippen LogP contribution in [0.1, 0.15) is 40.0 Å². The van der Waals surface area contributed by atoms with Crippen LogP contribution in [0.2, 0.25) is 0 Å². The average Bonchev–Trinajstić information content (AvgIpc) is 3.09. The summed E-state index contributed by atoms with van der Waals surface area (Å²) in [6.45, 7) is 6.97. The molecule has 1 aliphatic carbocycles. The van der Waals surface area contributed by atoms with Crippen molar-refractivity contribution in [1.29, 1.82) is 0 Å². The number of nitrogens with one attached hydrogen (secondary N) is 1. The highest BCUT2D eigenvalue weighted by atomic mass is 16.5. The summed E-state index contributed by atoms with van der Waals surface area (Å²) < 4.78 is 4.89. The molecule has 0 aromatic rings. The van der Waals surface area contributed by atoms with Crippen LogP contribution in [0.25, 0.3) is 0 Å². The van der Waals surface area contributed by atoms with Crippen LogP contribution in [-0.4, -0.2) is 48.6 Å². The maximum absolute atomic E-state index is 12.0. The number of esters is 1. The maximum atomic E-state index is 12.0. The van der Waals surface area contributed by atoms with Crippen LogP contribution in [0.5, 0.6) is 0 Å². The van der Waals surface area contributed by atoms with Crippen LogP contribution in [0, 0.1) is 0 Å². The minimum absolute atomic E-state index is 0.0405. The van der Waals surface area contributed by atoms with Gasteiger partial charge in [0.15, 0.2) is 0 Å². The topological polar surface area (TPSA) is 58.6 Å². The van der Waals surface area contributed by atoms with Gasteiger partial charge in [-0.2, -0.15) is 0 Å². The van der Waals surface area contributed by atoms with Crippen molar-refractivity contribution in [3.63, 3.8) is 0 Å². The number of carbonyl (C=O) groups excluding carboxylic acids is 2. The maximum Gasteiger partial charge on any atom is 0.325 e. The molecule has 0 aliphatic heterocycles. The molecule has 1 amide bonds. The van der Waals surface area contributed by atoms with Gasteiger partial charge in [0.05, 0.1) is 6.61 Å². The van der Waals surface area contributed by atoms with Gasteiger partial charge in [0.2, 0.25) is 5.91 Å². The number of hydrogen-bond acceptors (Lipinski definition) is 4. The van der Waals surface area contributed by atoms with Crippen molar-refractivity contribution in [3.8, 4) is 0 Å². The summed E-state index contributed by atoms with van der Waals surface area (Å²) in [5.41, 5.74) is 0. The van der Waals surface area contributed by atoms with E-state index in [0.29, 0.717) is 25.6 Å². The van der Waals surface area contributed by atoms with E-state index in [-0.39, 0.29) is 24.5 Å². The lowest BCUT2D eigenvalue weighted by molar-refractivity contribution is -0.149. The van der Waals surface area contributed by atoms with Gasteiger partial charge >= 0.3 is 5.97 Å². The minimum Gasteiger partial charge on any atom is -0.465 e. The second-order valence-electron chi connectivity index (χ2n) is 4.92. The van der Waals surface area contributed by atoms with Crippen molar-refractivity contribution in [3.05, 3.63) is 0 Å². The Balaban J connectivity index is 2.36. The molecule has 1 fully saturated rings. The third-order valence-electron chi connectivity index (χ3n) is 2.80. The second kappa shape index (κ2) is 7.36. The van der Waals surface area contributed by atoms with Crippen LogP contribution in [0.3, 0.4) is 0 Å². The summed E-state index contributed by atoms with van der Waals surface area (Å²) in [6, 6.07) is 0.623. The number of hydrogen-bond donors (Lipinski definition) is 1. The Kier molecular flexibility index (Phi) is 6.12. The Bertz CT molecular complexity index is 288. The van der Waals surface area contributed by atoms with Gasteiger partial charge in [-0.05, 0) is 19.8 Å². The minimum atomic E-state index is -0.311. The van der Waals surface area contributed by atoms with Gasteiger partial charge in [-0.15, -0.1) is 0 Å². The Morgan fingerprint density at radius 3 is 2.56 bits per heavy atom. The van der Waals surface area contributed by atoms with Crippen molar-refractivity contribution in [2.45, 2.75) is 52.1 Å². The van der Waals surface area contributed by atoms with Gasteiger partial charge in [0.1, 0.15) is 6.54 Å². The smallest absolute Gasteiger partial charge is 0.325 e. The van der Waals surface area contributed by atoms with E-state index in [4.69, 9.17) is 4.74 Å². The van der Waals surface area contributed by atoms with E-state index in [0.717, 1.165) is 12.8 Å². The fraction of sp³-hybridized carbons (Fsp3) is 0.846. The van der Waals surface area contributed by atoms with Crippen molar-refractivity contribution < 1.29 is 14.3 Å². The number of rotatable bonds is 8.